The molecule has 0 atom stereocenters. The average molecular weight is 247 g/mol. The predicted octanol–water partition coefficient (Wildman–Crippen LogP) is 2.82. The van der Waals surface area contributed by atoms with Gasteiger partial charge in [-0.05, 0) is 38.1 Å². The van der Waals surface area contributed by atoms with Gasteiger partial charge < -0.3 is 5.32 Å². The van der Waals surface area contributed by atoms with E-state index in [2.05, 4.69) is 17.3 Å². The molecule has 2 aromatic rings. The lowest BCUT2D eigenvalue weighted by Gasteiger charge is -2.06. The minimum atomic E-state index is -0.243. The van der Waals surface area contributed by atoms with Gasteiger partial charge in [0.15, 0.2) is 0 Å². The molecule has 0 saturated heterocycles. The molecule has 18 heavy (non-hydrogen) atoms. The van der Waals surface area contributed by atoms with Crippen LogP contribution in [0.5, 0.6) is 0 Å². The van der Waals surface area contributed by atoms with E-state index in [0.717, 1.165) is 36.5 Å². The highest BCUT2D eigenvalue weighted by Gasteiger charge is 2.07. The number of benzene rings is 1. The zero-order chi connectivity index (χ0) is 13.0. The predicted molar refractivity (Wildman–Crippen MR) is 70.3 cm³/mol. The standard InChI is InChI=1S/C14H18FN3/c1-3-7-16-9-12-10-17-18(11(12)2)14-6-4-5-13(15)8-14/h4-6,8,10,16H,3,7,9H2,1-2H3. The summed E-state index contributed by atoms with van der Waals surface area (Å²) in [6.07, 6.45) is 2.94. The first kappa shape index (κ1) is 12.8. The largest absolute Gasteiger partial charge is 0.313 e. The van der Waals surface area contributed by atoms with Crippen molar-refractivity contribution in [1.82, 2.24) is 15.1 Å². The number of nitrogens with zero attached hydrogens (tertiary/aromatic N) is 2. The van der Waals surface area contributed by atoms with Crippen molar-refractivity contribution in [3.05, 3.63) is 47.5 Å². The summed E-state index contributed by atoms with van der Waals surface area (Å²) in [4.78, 5) is 0. The number of hydrogen-bond donors (Lipinski definition) is 1. The summed E-state index contributed by atoms with van der Waals surface area (Å²) in [5.41, 5.74) is 2.95. The summed E-state index contributed by atoms with van der Waals surface area (Å²) in [5.74, 6) is -0.243. The Hall–Kier alpha value is -1.68. The summed E-state index contributed by atoms with van der Waals surface area (Å²) < 4.78 is 15.0. The third-order valence-electron chi connectivity index (χ3n) is 2.91. The van der Waals surface area contributed by atoms with Crippen molar-refractivity contribution in [3.63, 3.8) is 0 Å². The second-order valence-corrected chi connectivity index (χ2v) is 4.32. The summed E-state index contributed by atoms with van der Waals surface area (Å²) in [6.45, 7) is 5.93. The first-order chi connectivity index (χ1) is 8.72. The van der Waals surface area contributed by atoms with E-state index in [-0.39, 0.29) is 5.82 Å². The molecular formula is C14H18FN3. The molecule has 0 amide bonds. The average Bonchev–Trinajstić information content (AvgIpc) is 2.72. The van der Waals surface area contributed by atoms with Gasteiger partial charge in [0.1, 0.15) is 5.82 Å². The van der Waals surface area contributed by atoms with Crippen LogP contribution in [-0.2, 0) is 6.54 Å². The van der Waals surface area contributed by atoms with E-state index in [1.807, 2.05) is 19.2 Å². The Morgan fingerprint density at radius 3 is 2.94 bits per heavy atom. The Morgan fingerprint density at radius 2 is 2.22 bits per heavy atom. The summed E-state index contributed by atoms with van der Waals surface area (Å²) in [7, 11) is 0. The first-order valence-corrected chi connectivity index (χ1v) is 6.22. The molecule has 1 heterocycles. The molecule has 96 valence electrons. The van der Waals surface area contributed by atoms with E-state index in [4.69, 9.17) is 0 Å². The van der Waals surface area contributed by atoms with E-state index in [0.29, 0.717) is 0 Å². The van der Waals surface area contributed by atoms with Crippen LogP contribution in [0, 0.1) is 12.7 Å². The van der Waals surface area contributed by atoms with Crippen LogP contribution in [0.25, 0.3) is 5.69 Å². The van der Waals surface area contributed by atoms with Crippen LogP contribution in [0.15, 0.2) is 30.5 Å². The number of hydrogen-bond acceptors (Lipinski definition) is 2. The lowest BCUT2D eigenvalue weighted by molar-refractivity contribution is 0.625. The molecular weight excluding hydrogens is 229 g/mol. The summed E-state index contributed by atoms with van der Waals surface area (Å²) >= 11 is 0. The van der Waals surface area contributed by atoms with Crippen LogP contribution < -0.4 is 5.32 Å². The lowest BCUT2D eigenvalue weighted by Crippen LogP contribution is -2.14. The molecule has 2 rings (SSSR count). The van der Waals surface area contributed by atoms with Crippen LogP contribution in [0.1, 0.15) is 24.6 Å². The molecule has 4 heteroatoms. The Kier molecular flexibility index (Phi) is 4.10. The third kappa shape index (κ3) is 2.76. The van der Waals surface area contributed by atoms with Gasteiger partial charge in [-0.1, -0.05) is 13.0 Å². The van der Waals surface area contributed by atoms with Gasteiger partial charge in [-0.15, -0.1) is 0 Å². The van der Waals surface area contributed by atoms with Gasteiger partial charge >= 0.3 is 0 Å². The van der Waals surface area contributed by atoms with Gasteiger partial charge in [0.25, 0.3) is 0 Å². The Labute approximate surface area is 107 Å². The molecule has 3 nitrogen and oxygen atoms in total. The van der Waals surface area contributed by atoms with E-state index < -0.39 is 0 Å². The van der Waals surface area contributed by atoms with Crippen molar-refractivity contribution in [1.29, 1.82) is 0 Å². The van der Waals surface area contributed by atoms with Crippen LogP contribution in [0.2, 0.25) is 0 Å². The molecule has 0 aliphatic carbocycles. The Morgan fingerprint density at radius 1 is 1.39 bits per heavy atom. The van der Waals surface area contributed by atoms with Crippen molar-refractivity contribution in [2.45, 2.75) is 26.8 Å². The SMILES string of the molecule is CCCNCc1cnn(-c2cccc(F)c2)c1C. The maximum absolute atomic E-state index is 13.2. The Balaban J connectivity index is 2.20. The molecule has 0 saturated carbocycles. The van der Waals surface area contributed by atoms with Crippen LogP contribution in [0.4, 0.5) is 4.39 Å². The molecule has 1 N–H and O–H groups in total. The maximum atomic E-state index is 13.2. The molecule has 0 fully saturated rings. The van der Waals surface area contributed by atoms with E-state index in [1.165, 1.54) is 12.1 Å². The van der Waals surface area contributed by atoms with Gasteiger partial charge in [-0.2, -0.15) is 5.10 Å². The molecule has 0 unspecified atom stereocenters. The van der Waals surface area contributed by atoms with Gasteiger partial charge in [-0.3, -0.25) is 0 Å². The van der Waals surface area contributed by atoms with Gasteiger partial charge in [0.2, 0.25) is 0 Å². The van der Waals surface area contributed by atoms with Gasteiger partial charge in [-0.25, -0.2) is 9.07 Å². The summed E-state index contributed by atoms with van der Waals surface area (Å²) in [5, 5.41) is 7.66. The van der Waals surface area contributed by atoms with Crippen molar-refractivity contribution >= 4 is 0 Å². The van der Waals surface area contributed by atoms with E-state index in [1.54, 1.807) is 10.7 Å². The highest BCUT2D eigenvalue weighted by molar-refractivity contribution is 5.35. The van der Waals surface area contributed by atoms with E-state index in [9.17, 15) is 4.39 Å². The zero-order valence-electron chi connectivity index (χ0n) is 10.8. The fraction of sp³-hybridized carbons (Fsp3) is 0.357. The molecule has 0 aliphatic heterocycles. The maximum Gasteiger partial charge on any atom is 0.125 e. The second kappa shape index (κ2) is 5.78. The number of aromatic nitrogens is 2. The highest BCUT2D eigenvalue weighted by Crippen LogP contribution is 2.14. The fourth-order valence-electron chi connectivity index (χ4n) is 1.89. The zero-order valence-corrected chi connectivity index (χ0v) is 10.8. The van der Waals surface area contributed by atoms with Gasteiger partial charge in [0, 0.05) is 17.8 Å². The number of halogens is 1. The molecule has 1 aromatic carbocycles. The van der Waals surface area contributed by atoms with Crippen molar-refractivity contribution < 1.29 is 4.39 Å². The minimum absolute atomic E-state index is 0.243. The third-order valence-corrected chi connectivity index (χ3v) is 2.91. The monoisotopic (exact) mass is 247 g/mol. The minimum Gasteiger partial charge on any atom is -0.313 e. The van der Waals surface area contributed by atoms with E-state index >= 15 is 0 Å². The Bertz CT molecular complexity index is 520. The molecule has 1 aromatic heterocycles. The van der Waals surface area contributed by atoms with Crippen molar-refractivity contribution in [2.75, 3.05) is 6.54 Å². The molecule has 0 spiro atoms. The van der Waals surface area contributed by atoms with Crippen LogP contribution in [0.3, 0.4) is 0 Å². The normalized spacial score (nSPS) is 10.8. The number of nitrogens with one attached hydrogen (secondary N) is 1. The van der Waals surface area contributed by atoms with Gasteiger partial charge in [0.05, 0.1) is 11.9 Å². The summed E-state index contributed by atoms with van der Waals surface area (Å²) in [6, 6.07) is 6.47. The lowest BCUT2D eigenvalue weighted by atomic mass is 10.2. The van der Waals surface area contributed by atoms with Crippen molar-refractivity contribution in [3.8, 4) is 5.69 Å². The van der Waals surface area contributed by atoms with Crippen molar-refractivity contribution in [2.24, 2.45) is 0 Å². The fourth-order valence-corrected chi connectivity index (χ4v) is 1.89. The number of rotatable bonds is 5. The second-order valence-electron chi connectivity index (χ2n) is 4.32. The quantitative estimate of drug-likeness (QED) is 0.823. The highest BCUT2D eigenvalue weighted by atomic mass is 19.1. The first-order valence-electron chi connectivity index (χ1n) is 6.22. The van der Waals surface area contributed by atoms with Crippen LogP contribution >= 0.6 is 0 Å². The molecule has 0 radical (unpaired) electrons. The topological polar surface area (TPSA) is 29.9 Å². The molecule has 0 aliphatic rings. The smallest absolute Gasteiger partial charge is 0.125 e. The van der Waals surface area contributed by atoms with Crippen LogP contribution in [-0.4, -0.2) is 16.3 Å². The molecule has 0 bridgehead atoms.